The maximum Gasteiger partial charge on any atom is 0.307 e. The Morgan fingerprint density at radius 1 is 1.00 bits per heavy atom. The third kappa shape index (κ3) is 6.93. The van der Waals surface area contributed by atoms with E-state index in [-0.39, 0.29) is 12.5 Å². The van der Waals surface area contributed by atoms with E-state index in [4.69, 9.17) is 30.9 Å². The van der Waals surface area contributed by atoms with E-state index < -0.39 is 5.97 Å². The Labute approximate surface area is 187 Å². The number of carboxylic acids is 1. The normalized spacial score (nSPS) is 11.6. The van der Waals surface area contributed by atoms with Gasteiger partial charge in [-0.15, -0.1) is 0 Å². The van der Waals surface area contributed by atoms with Gasteiger partial charge in [-0.3, -0.25) is 4.79 Å². The fourth-order valence-electron chi connectivity index (χ4n) is 3.04. The van der Waals surface area contributed by atoms with Crippen molar-refractivity contribution < 1.29 is 24.1 Å². The standard InChI is InChI=1S/C25H25ClO5/c1-17-14-19(15-25(27)28)8-10-22(17)29-13-12-18(2)30-23-11-9-20(26)16-24(23)31-21-6-4-3-5-7-21/h3-11,14,16,18H,12-13,15H2,1-2H3,(H,27,28). The third-order valence-corrected chi connectivity index (χ3v) is 4.82. The van der Waals surface area contributed by atoms with Crippen LogP contribution in [-0.2, 0) is 11.2 Å². The summed E-state index contributed by atoms with van der Waals surface area (Å²) in [5.74, 6) is 1.75. The van der Waals surface area contributed by atoms with Crippen LogP contribution >= 0.6 is 11.6 Å². The highest BCUT2D eigenvalue weighted by molar-refractivity contribution is 6.30. The van der Waals surface area contributed by atoms with Crippen LogP contribution in [-0.4, -0.2) is 23.8 Å². The minimum absolute atomic E-state index is 0.000468. The summed E-state index contributed by atoms with van der Waals surface area (Å²) in [5, 5.41) is 9.47. The number of halogens is 1. The predicted octanol–water partition coefficient (Wildman–Crippen LogP) is 6.30. The van der Waals surface area contributed by atoms with Gasteiger partial charge in [0.1, 0.15) is 11.5 Å². The van der Waals surface area contributed by atoms with Crippen molar-refractivity contribution >= 4 is 17.6 Å². The third-order valence-electron chi connectivity index (χ3n) is 4.58. The van der Waals surface area contributed by atoms with Gasteiger partial charge in [0.25, 0.3) is 0 Å². The summed E-state index contributed by atoms with van der Waals surface area (Å²) in [6.45, 7) is 4.33. The van der Waals surface area contributed by atoms with Crippen molar-refractivity contribution in [2.24, 2.45) is 0 Å². The molecule has 0 aromatic heterocycles. The van der Waals surface area contributed by atoms with Crippen LogP contribution in [0.3, 0.4) is 0 Å². The van der Waals surface area contributed by atoms with Gasteiger partial charge in [-0.1, -0.05) is 41.9 Å². The first-order valence-corrected chi connectivity index (χ1v) is 10.4. The maximum atomic E-state index is 10.8. The quantitative estimate of drug-likeness (QED) is 0.400. The second-order valence-electron chi connectivity index (χ2n) is 7.24. The van der Waals surface area contributed by atoms with Crippen molar-refractivity contribution in [1.29, 1.82) is 0 Å². The average molecular weight is 441 g/mol. The van der Waals surface area contributed by atoms with Crippen molar-refractivity contribution in [3.63, 3.8) is 0 Å². The molecule has 0 heterocycles. The van der Waals surface area contributed by atoms with Crippen LogP contribution in [0.4, 0.5) is 0 Å². The zero-order valence-corrected chi connectivity index (χ0v) is 18.3. The first-order valence-electron chi connectivity index (χ1n) is 10.0. The summed E-state index contributed by atoms with van der Waals surface area (Å²) in [7, 11) is 0. The van der Waals surface area contributed by atoms with Crippen LogP contribution in [0.15, 0.2) is 66.7 Å². The van der Waals surface area contributed by atoms with Crippen molar-refractivity contribution in [1.82, 2.24) is 0 Å². The number of aryl methyl sites for hydroxylation is 1. The topological polar surface area (TPSA) is 65.0 Å². The van der Waals surface area contributed by atoms with Crippen LogP contribution in [0, 0.1) is 6.92 Å². The highest BCUT2D eigenvalue weighted by atomic mass is 35.5. The first kappa shape index (κ1) is 22.5. The number of para-hydroxylation sites is 1. The molecule has 31 heavy (non-hydrogen) atoms. The molecular formula is C25H25ClO5. The van der Waals surface area contributed by atoms with Gasteiger partial charge in [0.2, 0.25) is 0 Å². The number of carboxylic acid groups (broad SMARTS) is 1. The zero-order chi connectivity index (χ0) is 22.2. The summed E-state index contributed by atoms with van der Waals surface area (Å²) >= 11 is 6.14. The molecule has 0 saturated heterocycles. The Bertz CT molecular complexity index is 1020. The Morgan fingerprint density at radius 3 is 2.45 bits per heavy atom. The van der Waals surface area contributed by atoms with E-state index in [1.807, 2.05) is 56.3 Å². The van der Waals surface area contributed by atoms with Gasteiger partial charge in [0, 0.05) is 17.5 Å². The molecule has 162 valence electrons. The van der Waals surface area contributed by atoms with Crippen molar-refractivity contribution in [2.45, 2.75) is 32.8 Å². The van der Waals surface area contributed by atoms with Gasteiger partial charge in [0.05, 0.1) is 19.1 Å². The lowest BCUT2D eigenvalue weighted by atomic mass is 10.1. The van der Waals surface area contributed by atoms with E-state index in [1.165, 1.54) is 0 Å². The molecule has 6 heteroatoms. The lowest BCUT2D eigenvalue weighted by molar-refractivity contribution is -0.136. The molecule has 3 aromatic carbocycles. The molecular weight excluding hydrogens is 416 g/mol. The Morgan fingerprint density at radius 2 is 1.74 bits per heavy atom. The number of rotatable bonds is 10. The van der Waals surface area contributed by atoms with E-state index in [2.05, 4.69) is 0 Å². The SMILES string of the molecule is Cc1cc(CC(=O)O)ccc1OCCC(C)Oc1ccc(Cl)cc1Oc1ccccc1. The molecule has 1 atom stereocenters. The second-order valence-corrected chi connectivity index (χ2v) is 7.68. The van der Waals surface area contributed by atoms with Crippen LogP contribution in [0.1, 0.15) is 24.5 Å². The number of hydrogen-bond donors (Lipinski definition) is 1. The molecule has 0 bridgehead atoms. The zero-order valence-electron chi connectivity index (χ0n) is 17.5. The summed E-state index contributed by atoms with van der Waals surface area (Å²) in [4.78, 5) is 10.8. The Kier molecular flexibility index (Phi) is 7.79. The Hall–Kier alpha value is -3.18. The number of benzene rings is 3. The molecule has 0 aliphatic rings. The lowest BCUT2D eigenvalue weighted by Gasteiger charge is -2.18. The monoisotopic (exact) mass is 440 g/mol. The van der Waals surface area contributed by atoms with Gasteiger partial charge in [-0.05, 0) is 55.3 Å². The van der Waals surface area contributed by atoms with E-state index in [0.717, 1.165) is 16.9 Å². The van der Waals surface area contributed by atoms with E-state index in [0.29, 0.717) is 35.3 Å². The van der Waals surface area contributed by atoms with E-state index in [9.17, 15) is 4.79 Å². The molecule has 5 nitrogen and oxygen atoms in total. The van der Waals surface area contributed by atoms with Gasteiger partial charge >= 0.3 is 5.97 Å². The number of carbonyl (C=O) groups is 1. The minimum Gasteiger partial charge on any atom is -0.493 e. The number of ether oxygens (including phenoxy) is 3. The van der Waals surface area contributed by atoms with Crippen LogP contribution in [0.25, 0.3) is 0 Å². The predicted molar refractivity (Wildman–Crippen MR) is 121 cm³/mol. The molecule has 0 fully saturated rings. The maximum absolute atomic E-state index is 10.8. The van der Waals surface area contributed by atoms with Gasteiger partial charge < -0.3 is 19.3 Å². The summed E-state index contributed by atoms with van der Waals surface area (Å²) < 4.78 is 17.9. The van der Waals surface area contributed by atoms with Gasteiger partial charge in [-0.25, -0.2) is 0 Å². The van der Waals surface area contributed by atoms with Crippen molar-refractivity contribution in [3.8, 4) is 23.0 Å². The Balaban J connectivity index is 1.56. The fourth-order valence-corrected chi connectivity index (χ4v) is 3.21. The van der Waals surface area contributed by atoms with Gasteiger partial charge in [-0.2, -0.15) is 0 Å². The molecule has 0 radical (unpaired) electrons. The van der Waals surface area contributed by atoms with Crippen molar-refractivity contribution in [2.75, 3.05) is 6.61 Å². The highest BCUT2D eigenvalue weighted by Crippen LogP contribution is 2.35. The molecule has 3 aromatic rings. The van der Waals surface area contributed by atoms with E-state index in [1.54, 1.807) is 24.3 Å². The summed E-state index contributed by atoms with van der Waals surface area (Å²) in [6, 6.07) is 20.2. The van der Waals surface area contributed by atoms with Gasteiger partial charge in [0.15, 0.2) is 11.5 Å². The first-order chi connectivity index (χ1) is 14.9. The number of aliphatic carboxylic acids is 1. The summed E-state index contributed by atoms with van der Waals surface area (Å²) in [5.41, 5.74) is 1.66. The van der Waals surface area contributed by atoms with Crippen molar-refractivity contribution in [3.05, 3.63) is 82.9 Å². The molecule has 3 rings (SSSR count). The molecule has 0 saturated carbocycles. The van der Waals surface area contributed by atoms with Crippen LogP contribution in [0.5, 0.6) is 23.0 Å². The smallest absolute Gasteiger partial charge is 0.307 e. The van der Waals surface area contributed by atoms with E-state index >= 15 is 0 Å². The number of hydrogen-bond acceptors (Lipinski definition) is 4. The average Bonchev–Trinajstić information content (AvgIpc) is 2.72. The molecule has 0 spiro atoms. The fraction of sp³-hybridized carbons (Fsp3) is 0.240. The lowest BCUT2D eigenvalue weighted by Crippen LogP contribution is -2.16. The molecule has 1 unspecified atom stereocenters. The minimum atomic E-state index is -0.850. The molecule has 0 amide bonds. The summed E-state index contributed by atoms with van der Waals surface area (Å²) in [6.07, 6.45) is 0.537. The second kappa shape index (κ2) is 10.7. The largest absolute Gasteiger partial charge is 0.493 e. The van der Waals surface area contributed by atoms with Crippen LogP contribution < -0.4 is 14.2 Å². The molecule has 1 N–H and O–H groups in total. The molecule has 0 aliphatic carbocycles. The molecule has 0 aliphatic heterocycles. The highest BCUT2D eigenvalue weighted by Gasteiger charge is 2.12. The van der Waals surface area contributed by atoms with Crippen LogP contribution in [0.2, 0.25) is 5.02 Å².